The third kappa shape index (κ3) is 5.02. The first kappa shape index (κ1) is 18.4. The molecule has 2 rings (SSSR count). The molecule has 1 aromatic rings. The van der Waals surface area contributed by atoms with Gasteiger partial charge in [0.05, 0.1) is 12.5 Å². The van der Waals surface area contributed by atoms with E-state index in [0.29, 0.717) is 11.7 Å². The van der Waals surface area contributed by atoms with Gasteiger partial charge in [-0.3, -0.25) is 9.59 Å². The van der Waals surface area contributed by atoms with Gasteiger partial charge >= 0.3 is 0 Å². The van der Waals surface area contributed by atoms with Crippen LogP contribution in [0.25, 0.3) is 0 Å². The Balaban J connectivity index is 1.66. The van der Waals surface area contributed by atoms with Crippen molar-refractivity contribution in [2.75, 3.05) is 13.1 Å². The summed E-state index contributed by atoms with van der Waals surface area (Å²) >= 11 is 0. The molecule has 0 saturated heterocycles. The molecule has 0 aromatic carbocycles. The highest BCUT2D eigenvalue weighted by Gasteiger charge is 2.41. The molecule has 0 bridgehead atoms. The summed E-state index contributed by atoms with van der Waals surface area (Å²) in [5.74, 6) is 0.935. The summed E-state index contributed by atoms with van der Waals surface area (Å²) in [6.07, 6.45) is 2.85. The molecule has 1 aliphatic rings. The molecule has 3 N–H and O–H groups in total. The molecule has 3 atom stereocenters. The second-order valence-corrected chi connectivity index (χ2v) is 6.64. The summed E-state index contributed by atoms with van der Waals surface area (Å²) in [4.78, 5) is 23.7. The third-order valence-electron chi connectivity index (χ3n) is 4.35. The van der Waals surface area contributed by atoms with E-state index in [1.807, 2.05) is 18.4 Å². The highest BCUT2D eigenvalue weighted by Crippen LogP contribution is 2.40. The van der Waals surface area contributed by atoms with Crippen molar-refractivity contribution in [1.29, 1.82) is 0 Å². The lowest BCUT2D eigenvalue weighted by molar-refractivity contribution is -0.123. The minimum Gasteiger partial charge on any atom is -0.389 e. The molecule has 0 aliphatic heterocycles. The van der Waals surface area contributed by atoms with E-state index in [9.17, 15) is 14.7 Å². The van der Waals surface area contributed by atoms with Crippen LogP contribution < -0.4 is 10.6 Å². The van der Waals surface area contributed by atoms with Crippen LogP contribution in [-0.2, 0) is 16.0 Å². The van der Waals surface area contributed by atoms with Crippen molar-refractivity contribution in [2.45, 2.75) is 52.2 Å². The van der Waals surface area contributed by atoms with Crippen molar-refractivity contribution in [3.05, 3.63) is 12.2 Å². The van der Waals surface area contributed by atoms with E-state index in [0.717, 1.165) is 12.8 Å². The largest absolute Gasteiger partial charge is 0.389 e. The maximum absolute atomic E-state index is 11.9. The topological polar surface area (TPSA) is 109 Å². The number of amides is 2. The average molecular weight is 337 g/mol. The van der Waals surface area contributed by atoms with Gasteiger partial charge in [-0.25, -0.2) is 0 Å². The van der Waals surface area contributed by atoms with Gasteiger partial charge in [-0.15, -0.1) is 10.2 Å². The van der Waals surface area contributed by atoms with E-state index in [1.165, 1.54) is 0 Å². The minimum absolute atomic E-state index is 0.00254. The monoisotopic (exact) mass is 337 g/mol. The van der Waals surface area contributed by atoms with Crippen LogP contribution in [0.15, 0.2) is 6.33 Å². The predicted octanol–water partition coefficient (Wildman–Crippen LogP) is 0.0409. The van der Waals surface area contributed by atoms with Crippen LogP contribution in [-0.4, -0.2) is 50.9 Å². The van der Waals surface area contributed by atoms with Crippen molar-refractivity contribution >= 4 is 11.8 Å². The third-order valence-corrected chi connectivity index (χ3v) is 4.35. The molecular formula is C16H27N5O3. The van der Waals surface area contributed by atoms with Crippen molar-refractivity contribution in [3.8, 4) is 0 Å². The van der Waals surface area contributed by atoms with E-state index in [4.69, 9.17) is 0 Å². The fourth-order valence-corrected chi connectivity index (χ4v) is 2.70. The van der Waals surface area contributed by atoms with Gasteiger partial charge < -0.3 is 20.3 Å². The highest BCUT2D eigenvalue weighted by atomic mass is 16.3. The number of aliphatic hydroxyl groups is 1. The molecule has 8 heteroatoms. The fraction of sp³-hybridized carbons (Fsp3) is 0.750. The summed E-state index contributed by atoms with van der Waals surface area (Å²) in [5, 5.41) is 23.0. The summed E-state index contributed by atoms with van der Waals surface area (Å²) in [5.41, 5.74) is 0. The molecule has 2 amide bonds. The first-order chi connectivity index (χ1) is 11.4. The van der Waals surface area contributed by atoms with Gasteiger partial charge in [0.15, 0.2) is 0 Å². The highest BCUT2D eigenvalue weighted by molar-refractivity contribution is 5.81. The Hall–Kier alpha value is -1.96. The van der Waals surface area contributed by atoms with Crippen LogP contribution in [0.2, 0.25) is 0 Å². The van der Waals surface area contributed by atoms with Crippen LogP contribution in [0, 0.1) is 11.8 Å². The zero-order valence-corrected chi connectivity index (χ0v) is 14.5. The molecule has 1 aliphatic carbocycles. The van der Waals surface area contributed by atoms with Crippen molar-refractivity contribution in [1.82, 2.24) is 25.4 Å². The van der Waals surface area contributed by atoms with Crippen LogP contribution in [0.3, 0.4) is 0 Å². The van der Waals surface area contributed by atoms with Gasteiger partial charge in [0, 0.05) is 25.0 Å². The Kier molecular flexibility index (Phi) is 6.30. The number of nitrogens with zero attached hydrogens (tertiary/aromatic N) is 3. The maximum atomic E-state index is 11.9. The van der Waals surface area contributed by atoms with E-state index in [2.05, 4.69) is 27.8 Å². The summed E-state index contributed by atoms with van der Waals surface area (Å²) < 4.78 is 1.83. The first-order valence-corrected chi connectivity index (χ1v) is 8.53. The lowest BCUT2D eigenvalue weighted by atomic mass is 10.2. The minimum atomic E-state index is -0.806. The smallest absolute Gasteiger partial charge is 0.227 e. The molecule has 1 unspecified atom stereocenters. The Labute approximate surface area is 142 Å². The standard InChI is InChI=1S/C16H27N5O3/c1-4-11-5-13(11)16(24)18-8-12(22)7-17-15(23)6-14-20-19-9-21(14)10(2)3/h9-13,22H,4-8H2,1-3H3,(H,17,23)(H,18,24)/t11-,12?,13-/m1/s1. The summed E-state index contributed by atoms with van der Waals surface area (Å²) in [6, 6.07) is 0.179. The van der Waals surface area contributed by atoms with Crippen LogP contribution in [0.1, 0.15) is 45.5 Å². The van der Waals surface area contributed by atoms with E-state index in [-0.39, 0.29) is 43.3 Å². The first-order valence-electron chi connectivity index (χ1n) is 8.53. The Bertz CT molecular complexity index is 572. The molecule has 24 heavy (non-hydrogen) atoms. The molecule has 1 aromatic heterocycles. The zero-order chi connectivity index (χ0) is 17.7. The fourth-order valence-electron chi connectivity index (χ4n) is 2.70. The number of aliphatic hydroxyl groups excluding tert-OH is 1. The Morgan fingerprint density at radius 3 is 2.71 bits per heavy atom. The second-order valence-electron chi connectivity index (χ2n) is 6.64. The zero-order valence-electron chi connectivity index (χ0n) is 14.5. The van der Waals surface area contributed by atoms with Gasteiger partial charge in [-0.05, 0) is 26.2 Å². The molecule has 1 fully saturated rings. The molecule has 1 heterocycles. The number of carbonyl (C=O) groups excluding carboxylic acids is 2. The summed E-state index contributed by atoms with van der Waals surface area (Å²) in [7, 11) is 0. The molecule has 8 nitrogen and oxygen atoms in total. The molecule has 1 saturated carbocycles. The van der Waals surface area contributed by atoms with Crippen molar-refractivity contribution < 1.29 is 14.7 Å². The SMILES string of the molecule is CC[C@@H]1C[C@H]1C(=O)NCC(O)CNC(=O)Cc1nncn1C(C)C. The van der Waals surface area contributed by atoms with Crippen molar-refractivity contribution in [3.63, 3.8) is 0 Å². The van der Waals surface area contributed by atoms with Gasteiger partial charge in [-0.2, -0.15) is 0 Å². The average Bonchev–Trinajstić information content (AvgIpc) is 3.20. The number of nitrogens with one attached hydrogen (secondary N) is 2. The van der Waals surface area contributed by atoms with Crippen LogP contribution in [0.5, 0.6) is 0 Å². The van der Waals surface area contributed by atoms with Gasteiger partial charge in [-0.1, -0.05) is 13.3 Å². The van der Waals surface area contributed by atoms with Crippen molar-refractivity contribution in [2.24, 2.45) is 11.8 Å². The number of carbonyl (C=O) groups is 2. The quantitative estimate of drug-likeness (QED) is 0.589. The van der Waals surface area contributed by atoms with Gasteiger partial charge in [0.2, 0.25) is 11.8 Å². The molecule has 0 spiro atoms. The number of hydrogen-bond acceptors (Lipinski definition) is 5. The lowest BCUT2D eigenvalue weighted by Crippen LogP contribution is -2.41. The second kappa shape index (κ2) is 8.23. The van der Waals surface area contributed by atoms with E-state index >= 15 is 0 Å². The Morgan fingerprint density at radius 2 is 2.08 bits per heavy atom. The van der Waals surface area contributed by atoms with Crippen LogP contribution >= 0.6 is 0 Å². The molecule has 0 radical (unpaired) electrons. The van der Waals surface area contributed by atoms with Crippen LogP contribution in [0.4, 0.5) is 0 Å². The van der Waals surface area contributed by atoms with Gasteiger partial charge in [0.1, 0.15) is 12.2 Å². The van der Waals surface area contributed by atoms with E-state index < -0.39 is 6.10 Å². The van der Waals surface area contributed by atoms with Gasteiger partial charge in [0.25, 0.3) is 0 Å². The lowest BCUT2D eigenvalue weighted by Gasteiger charge is -2.14. The normalized spacial score (nSPS) is 20.7. The number of hydrogen-bond donors (Lipinski definition) is 3. The maximum Gasteiger partial charge on any atom is 0.227 e. The summed E-state index contributed by atoms with van der Waals surface area (Å²) in [6.45, 7) is 6.29. The number of rotatable bonds is 9. The molecule has 134 valence electrons. The molecular weight excluding hydrogens is 310 g/mol. The predicted molar refractivity (Wildman–Crippen MR) is 88.0 cm³/mol. The number of aromatic nitrogens is 3. The van der Waals surface area contributed by atoms with E-state index in [1.54, 1.807) is 6.33 Å². The Morgan fingerprint density at radius 1 is 1.38 bits per heavy atom.